The van der Waals surface area contributed by atoms with Crippen LogP contribution in [0.2, 0.25) is 0 Å². The van der Waals surface area contributed by atoms with Crippen molar-refractivity contribution in [3.05, 3.63) is 58.5 Å². The molecule has 7 heteroatoms. The highest BCUT2D eigenvalue weighted by Gasteiger charge is 2.08. The molecule has 0 radical (unpaired) electrons. The molecule has 6 nitrogen and oxygen atoms in total. The fourth-order valence-electron chi connectivity index (χ4n) is 1.95. The highest BCUT2D eigenvalue weighted by Crippen LogP contribution is 2.18. The van der Waals surface area contributed by atoms with Crippen molar-refractivity contribution in [3.8, 4) is 0 Å². The van der Waals surface area contributed by atoms with Crippen molar-refractivity contribution in [1.29, 1.82) is 0 Å². The molecule has 0 bridgehead atoms. The molecule has 20 heavy (non-hydrogen) atoms. The average Bonchev–Trinajstić information content (AvgIpc) is 2.81. The predicted octanol–water partition coefficient (Wildman–Crippen LogP) is 1.73. The first-order valence-electron chi connectivity index (χ1n) is 6.08. The van der Waals surface area contributed by atoms with E-state index in [1.54, 1.807) is 18.2 Å². The average molecular weight is 273 g/mol. The van der Waals surface area contributed by atoms with Crippen LogP contribution in [0.4, 0.5) is 10.2 Å². The lowest BCUT2D eigenvalue weighted by molar-refractivity contribution is 0.626. The summed E-state index contributed by atoms with van der Waals surface area (Å²) in [5.74, 6) is 0.324. The first-order chi connectivity index (χ1) is 9.63. The van der Waals surface area contributed by atoms with E-state index in [0.29, 0.717) is 11.5 Å². The third kappa shape index (κ3) is 2.25. The zero-order chi connectivity index (χ0) is 14.1. The summed E-state index contributed by atoms with van der Waals surface area (Å²) >= 11 is 0. The van der Waals surface area contributed by atoms with E-state index >= 15 is 0 Å². The Kier molecular flexibility index (Phi) is 2.94. The Labute approximate surface area is 113 Å². The molecule has 2 heterocycles. The molecule has 1 atom stereocenters. The molecule has 0 fully saturated rings. The first kappa shape index (κ1) is 12.3. The van der Waals surface area contributed by atoms with Crippen LogP contribution in [0.25, 0.3) is 5.65 Å². The first-order valence-corrected chi connectivity index (χ1v) is 6.08. The van der Waals surface area contributed by atoms with Crippen LogP contribution in [0.3, 0.4) is 0 Å². The number of hydrogen-bond donors (Lipinski definition) is 2. The molecule has 0 aliphatic rings. The molecule has 1 aromatic carbocycles. The molecule has 1 unspecified atom stereocenters. The van der Waals surface area contributed by atoms with Crippen LogP contribution in [-0.4, -0.2) is 19.6 Å². The minimum atomic E-state index is -0.328. The van der Waals surface area contributed by atoms with Gasteiger partial charge in [-0.2, -0.15) is 5.10 Å². The standard InChI is InChI=1S/C13H12FN5O/c1-8(9-2-4-10(14)5-3-9)16-11-6-12-17-18-13(20)19(12)7-15-11/h2-8,16H,1H3,(H,18,20). The quantitative estimate of drug-likeness (QED) is 0.762. The molecular weight excluding hydrogens is 261 g/mol. The molecule has 2 aromatic heterocycles. The summed E-state index contributed by atoms with van der Waals surface area (Å²) in [6.45, 7) is 1.94. The molecular formula is C13H12FN5O. The Morgan fingerprint density at radius 1 is 1.35 bits per heavy atom. The summed E-state index contributed by atoms with van der Waals surface area (Å²) in [5.41, 5.74) is 1.09. The number of aromatic amines is 1. The van der Waals surface area contributed by atoms with Crippen LogP contribution in [0.1, 0.15) is 18.5 Å². The summed E-state index contributed by atoms with van der Waals surface area (Å²) in [7, 11) is 0. The second-order valence-corrected chi connectivity index (χ2v) is 4.45. The molecule has 0 amide bonds. The van der Waals surface area contributed by atoms with E-state index in [1.807, 2.05) is 6.92 Å². The van der Waals surface area contributed by atoms with Gasteiger partial charge in [-0.1, -0.05) is 12.1 Å². The zero-order valence-electron chi connectivity index (χ0n) is 10.7. The Balaban J connectivity index is 1.85. The number of rotatable bonds is 3. The van der Waals surface area contributed by atoms with Gasteiger partial charge in [0.15, 0.2) is 5.65 Å². The maximum Gasteiger partial charge on any atom is 0.348 e. The molecule has 0 aliphatic heterocycles. The van der Waals surface area contributed by atoms with Gasteiger partial charge in [0.25, 0.3) is 0 Å². The number of anilines is 1. The molecule has 2 N–H and O–H groups in total. The van der Waals surface area contributed by atoms with Crippen molar-refractivity contribution in [1.82, 2.24) is 19.6 Å². The second kappa shape index (κ2) is 4.76. The van der Waals surface area contributed by atoms with Gasteiger partial charge >= 0.3 is 5.69 Å². The predicted molar refractivity (Wildman–Crippen MR) is 72.0 cm³/mol. The lowest BCUT2D eigenvalue weighted by Crippen LogP contribution is -2.11. The summed E-state index contributed by atoms with van der Waals surface area (Å²) in [5, 5.41) is 9.39. The van der Waals surface area contributed by atoms with Crippen molar-refractivity contribution in [2.75, 3.05) is 5.32 Å². The monoisotopic (exact) mass is 273 g/mol. The van der Waals surface area contributed by atoms with Crippen LogP contribution in [-0.2, 0) is 0 Å². The van der Waals surface area contributed by atoms with E-state index in [1.165, 1.54) is 22.9 Å². The normalized spacial score (nSPS) is 12.5. The van der Waals surface area contributed by atoms with E-state index in [0.717, 1.165) is 5.56 Å². The minimum absolute atomic E-state index is 0.0452. The summed E-state index contributed by atoms with van der Waals surface area (Å²) in [6, 6.07) is 7.87. The van der Waals surface area contributed by atoms with Gasteiger partial charge in [-0.05, 0) is 24.6 Å². The fraction of sp³-hybridized carbons (Fsp3) is 0.154. The van der Waals surface area contributed by atoms with Gasteiger partial charge in [0, 0.05) is 12.1 Å². The molecule has 3 rings (SSSR count). The fourth-order valence-corrected chi connectivity index (χ4v) is 1.95. The van der Waals surface area contributed by atoms with Crippen LogP contribution in [0.15, 0.2) is 41.5 Å². The number of nitrogens with zero attached hydrogens (tertiary/aromatic N) is 3. The maximum atomic E-state index is 12.9. The SMILES string of the molecule is CC(Nc1cc2n[nH]c(=O)n2cn1)c1ccc(F)cc1. The number of benzene rings is 1. The smallest absolute Gasteiger partial charge is 0.348 e. The highest BCUT2D eigenvalue weighted by atomic mass is 19.1. The maximum absolute atomic E-state index is 12.9. The lowest BCUT2D eigenvalue weighted by atomic mass is 10.1. The van der Waals surface area contributed by atoms with Gasteiger partial charge in [0.2, 0.25) is 0 Å². The molecule has 0 saturated carbocycles. The van der Waals surface area contributed by atoms with Gasteiger partial charge in [0.05, 0.1) is 0 Å². The third-order valence-corrected chi connectivity index (χ3v) is 3.04. The number of aromatic nitrogens is 4. The zero-order valence-corrected chi connectivity index (χ0v) is 10.7. The summed E-state index contributed by atoms with van der Waals surface area (Å²) < 4.78 is 14.2. The van der Waals surface area contributed by atoms with Gasteiger partial charge in [0.1, 0.15) is 18.0 Å². The van der Waals surface area contributed by atoms with Crippen LogP contribution >= 0.6 is 0 Å². The van der Waals surface area contributed by atoms with E-state index in [-0.39, 0.29) is 17.5 Å². The third-order valence-electron chi connectivity index (χ3n) is 3.04. The number of H-pyrrole nitrogens is 1. The van der Waals surface area contributed by atoms with E-state index in [9.17, 15) is 9.18 Å². The van der Waals surface area contributed by atoms with Crippen LogP contribution in [0, 0.1) is 5.82 Å². The summed E-state index contributed by atoms with van der Waals surface area (Å²) in [6.07, 6.45) is 1.40. The van der Waals surface area contributed by atoms with Crippen LogP contribution < -0.4 is 11.0 Å². The topological polar surface area (TPSA) is 75.1 Å². The van der Waals surface area contributed by atoms with Crippen molar-refractivity contribution < 1.29 is 4.39 Å². The largest absolute Gasteiger partial charge is 0.363 e. The van der Waals surface area contributed by atoms with Crippen molar-refractivity contribution in [2.24, 2.45) is 0 Å². The molecule has 0 spiro atoms. The second-order valence-electron chi connectivity index (χ2n) is 4.45. The van der Waals surface area contributed by atoms with E-state index in [4.69, 9.17) is 0 Å². The van der Waals surface area contributed by atoms with Crippen molar-refractivity contribution in [2.45, 2.75) is 13.0 Å². The molecule has 3 aromatic rings. The van der Waals surface area contributed by atoms with E-state index in [2.05, 4.69) is 20.5 Å². The van der Waals surface area contributed by atoms with Gasteiger partial charge in [-0.3, -0.25) is 0 Å². The van der Waals surface area contributed by atoms with Crippen molar-refractivity contribution >= 4 is 11.5 Å². The highest BCUT2D eigenvalue weighted by molar-refractivity contribution is 5.49. The number of nitrogens with one attached hydrogen (secondary N) is 2. The lowest BCUT2D eigenvalue weighted by Gasteiger charge is -2.14. The Morgan fingerprint density at radius 3 is 2.85 bits per heavy atom. The van der Waals surface area contributed by atoms with Crippen molar-refractivity contribution in [3.63, 3.8) is 0 Å². The number of hydrogen-bond acceptors (Lipinski definition) is 4. The van der Waals surface area contributed by atoms with Gasteiger partial charge < -0.3 is 5.32 Å². The molecule has 0 saturated heterocycles. The molecule has 0 aliphatic carbocycles. The Hall–Kier alpha value is -2.70. The van der Waals surface area contributed by atoms with Gasteiger partial charge in [-0.25, -0.2) is 23.7 Å². The molecule has 102 valence electrons. The Morgan fingerprint density at radius 2 is 2.10 bits per heavy atom. The van der Waals surface area contributed by atoms with E-state index < -0.39 is 0 Å². The van der Waals surface area contributed by atoms with Crippen LogP contribution in [0.5, 0.6) is 0 Å². The Bertz CT molecular complexity index is 792. The minimum Gasteiger partial charge on any atom is -0.363 e. The van der Waals surface area contributed by atoms with Gasteiger partial charge in [-0.15, -0.1) is 0 Å². The summed E-state index contributed by atoms with van der Waals surface area (Å²) in [4.78, 5) is 15.5. The number of halogens is 1. The number of fused-ring (bicyclic) bond motifs is 1.